The van der Waals surface area contributed by atoms with E-state index in [0.717, 1.165) is 5.57 Å². The lowest BCUT2D eigenvalue weighted by atomic mass is 9.74. The Morgan fingerprint density at radius 1 is 1.05 bits per heavy atom. The maximum Gasteiger partial charge on any atom is 0.407 e. The molecule has 0 bridgehead atoms. The van der Waals surface area contributed by atoms with Crippen molar-refractivity contribution in [1.29, 1.82) is 0 Å². The monoisotopic (exact) mass is 816 g/mol. The number of hydrogen-bond acceptors (Lipinski definition) is 14. The summed E-state index contributed by atoms with van der Waals surface area (Å²) in [6, 6.07) is 0. The summed E-state index contributed by atoms with van der Waals surface area (Å²) in [4.78, 5) is 63.0. The third kappa shape index (κ3) is 12.6. The fraction of sp³-hybridized carbons (Fsp3) is 0.816. The van der Waals surface area contributed by atoms with Crippen LogP contribution in [0.25, 0.3) is 0 Å². The van der Waals surface area contributed by atoms with Crippen LogP contribution in [0.4, 0.5) is 4.79 Å². The van der Waals surface area contributed by atoms with Crippen molar-refractivity contribution in [3.05, 3.63) is 12.2 Å². The fourth-order valence-corrected chi connectivity index (χ4v) is 7.33. The lowest BCUT2D eigenvalue weighted by molar-refractivity contribution is -0.298. The maximum atomic E-state index is 13.4. The van der Waals surface area contributed by atoms with Crippen LogP contribution in [-0.4, -0.2) is 146 Å². The van der Waals surface area contributed by atoms with Gasteiger partial charge in [-0.05, 0) is 26.2 Å². The van der Waals surface area contributed by atoms with E-state index >= 15 is 0 Å². The summed E-state index contributed by atoms with van der Waals surface area (Å²) in [5, 5.41) is 29.9. The minimum Gasteiger partial charge on any atom is -0.447 e. The van der Waals surface area contributed by atoms with E-state index in [1.54, 1.807) is 0 Å². The molecule has 3 aliphatic heterocycles. The predicted octanol–water partition coefficient (Wildman–Crippen LogP) is 1.58. The van der Waals surface area contributed by atoms with Gasteiger partial charge in [-0.3, -0.25) is 24.1 Å². The number of likely N-dealkylation sites (tertiary alicyclic amines) is 1. The highest BCUT2D eigenvalue weighted by atomic mass is 32.1. The summed E-state index contributed by atoms with van der Waals surface area (Å²) in [7, 11) is 4.21. The molecule has 56 heavy (non-hydrogen) atoms. The Kier molecular flexibility index (Phi) is 18.5. The standard InChI is InChI=1S/C38H64N4O13S/c1-22-20-38(52-8,55-24(3)23(22)2)32(46)33(47)41-34(51-7)26-18-28(43)37(4,5)29(54-26)17-25(50-6)21-53-36(49)40-15-12-14-39-30(44)13-10-9-11-16-42-31(45)19-27(56)35(42)48/h23-29,32,34,43,46,56H,1,9-21H2,2-8H3,(H,39,44)(H,40,49)(H,41,47)/t23-,24-,25+,26+,27?,28-,29-,32-,34+,38-/m1/s1. The molecule has 1 unspecified atom stereocenters. The first-order chi connectivity index (χ1) is 26.4. The zero-order chi connectivity index (χ0) is 41.8. The number of ether oxygens (including phenoxy) is 6. The minimum atomic E-state index is -1.73. The number of aliphatic hydroxyl groups excluding tert-OH is 2. The van der Waals surface area contributed by atoms with E-state index in [4.69, 9.17) is 28.4 Å². The molecule has 10 atom stereocenters. The van der Waals surface area contributed by atoms with Crippen LogP contribution in [0.2, 0.25) is 0 Å². The highest BCUT2D eigenvalue weighted by Crippen LogP contribution is 2.41. The molecule has 0 radical (unpaired) electrons. The summed E-state index contributed by atoms with van der Waals surface area (Å²) in [6.45, 7) is 12.4. The smallest absolute Gasteiger partial charge is 0.407 e. The van der Waals surface area contributed by atoms with E-state index < -0.39 is 65.2 Å². The number of methoxy groups -OCH3 is 3. The van der Waals surface area contributed by atoms with E-state index in [0.29, 0.717) is 45.2 Å². The lowest BCUT2D eigenvalue weighted by Gasteiger charge is -2.48. The van der Waals surface area contributed by atoms with Crippen LogP contribution in [0.3, 0.4) is 0 Å². The largest absolute Gasteiger partial charge is 0.447 e. The summed E-state index contributed by atoms with van der Waals surface area (Å²) in [5.74, 6) is -3.04. The number of nitrogens with zero attached hydrogens (tertiary/aromatic N) is 1. The molecule has 320 valence electrons. The predicted molar refractivity (Wildman–Crippen MR) is 206 cm³/mol. The number of aliphatic hydroxyl groups is 2. The van der Waals surface area contributed by atoms with Gasteiger partial charge in [0, 0.05) is 84.4 Å². The Labute approximate surface area is 335 Å². The molecule has 0 spiro atoms. The number of carbonyl (C=O) groups excluding carboxylic acids is 5. The van der Waals surface area contributed by atoms with Crippen LogP contribution in [0.1, 0.15) is 85.5 Å². The van der Waals surface area contributed by atoms with Crippen LogP contribution in [-0.2, 0) is 47.6 Å². The summed E-state index contributed by atoms with van der Waals surface area (Å²) in [6.07, 6.45) is -3.38. The van der Waals surface area contributed by atoms with Gasteiger partial charge >= 0.3 is 6.09 Å². The van der Waals surface area contributed by atoms with Crippen molar-refractivity contribution in [3.8, 4) is 0 Å². The molecule has 5 amide bonds. The van der Waals surface area contributed by atoms with Gasteiger partial charge in [0.25, 0.3) is 5.91 Å². The zero-order valence-electron chi connectivity index (χ0n) is 33.9. The van der Waals surface area contributed by atoms with Crippen molar-refractivity contribution in [1.82, 2.24) is 20.9 Å². The number of unbranched alkanes of at least 4 members (excludes halogenated alkanes) is 2. The van der Waals surface area contributed by atoms with Crippen molar-refractivity contribution in [2.24, 2.45) is 11.3 Å². The maximum absolute atomic E-state index is 13.4. The Hall–Kier alpha value is -2.84. The van der Waals surface area contributed by atoms with Crippen molar-refractivity contribution < 1.29 is 62.6 Å². The van der Waals surface area contributed by atoms with Crippen LogP contribution in [0.15, 0.2) is 12.2 Å². The molecule has 3 saturated heterocycles. The van der Waals surface area contributed by atoms with E-state index in [9.17, 15) is 34.2 Å². The topological polar surface area (TPSA) is 221 Å². The van der Waals surface area contributed by atoms with Gasteiger partial charge in [0.15, 0.2) is 12.3 Å². The van der Waals surface area contributed by atoms with Gasteiger partial charge in [-0.15, -0.1) is 0 Å². The summed E-state index contributed by atoms with van der Waals surface area (Å²) in [5.41, 5.74) is 0.0260. The quantitative estimate of drug-likeness (QED) is 0.0319. The lowest BCUT2D eigenvalue weighted by Crippen LogP contribution is -2.62. The summed E-state index contributed by atoms with van der Waals surface area (Å²) < 4.78 is 34.5. The highest BCUT2D eigenvalue weighted by Gasteiger charge is 2.51. The normalized spacial score (nSPS) is 29.4. The Bertz CT molecular complexity index is 1370. The second-order valence-corrected chi connectivity index (χ2v) is 16.1. The van der Waals surface area contributed by atoms with Crippen LogP contribution in [0.5, 0.6) is 0 Å². The molecule has 0 aliphatic carbocycles. The molecule has 3 aliphatic rings. The van der Waals surface area contributed by atoms with E-state index in [1.807, 2.05) is 27.7 Å². The van der Waals surface area contributed by atoms with Gasteiger partial charge in [0.1, 0.15) is 12.7 Å². The number of carbonyl (C=O) groups is 5. The third-order valence-electron chi connectivity index (χ3n) is 11.2. The van der Waals surface area contributed by atoms with Gasteiger partial charge < -0.3 is 54.6 Å². The minimum absolute atomic E-state index is 0.00625. The van der Waals surface area contributed by atoms with E-state index in [2.05, 4.69) is 35.2 Å². The van der Waals surface area contributed by atoms with Gasteiger partial charge in [-0.2, -0.15) is 12.6 Å². The molecular weight excluding hydrogens is 753 g/mol. The Morgan fingerprint density at radius 3 is 2.36 bits per heavy atom. The van der Waals surface area contributed by atoms with Crippen LogP contribution in [0, 0.1) is 11.3 Å². The van der Waals surface area contributed by atoms with Crippen LogP contribution >= 0.6 is 12.6 Å². The average Bonchev–Trinajstić information content (AvgIpc) is 3.40. The average molecular weight is 817 g/mol. The van der Waals surface area contributed by atoms with Gasteiger partial charge in [-0.1, -0.05) is 39.3 Å². The number of amides is 5. The van der Waals surface area contributed by atoms with Crippen molar-refractivity contribution in [2.45, 2.75) is 139 Å². The Balaban J connectivity index is 1.39. The number of imide groups is 1. The van der Waals surface area contributed by atoms with Crippen molar-refractivity contribution >= 4 is 42.4 Å². The molecule has 0 saturated carbocycles. The molecule has 0 aromatic heterocycles. The first-order valence-corrected chi connectivity index (χ1v) is 19.9. The first kappa shape index (κ1) is 47.5. The van der Waals surface area contributed by atoms with Gasteiger partial charge in [-0.25, -0.2) is 4.79 Å². The van der Waals surface area contributed by atoms with Crippen molar-refractivity contribution in [3.63, 3.8) is 0 Å². The van der Waals surface area contributed by atoms with Gasteiger partial charge in [0.05, 0.1) is 29.7 Å². The Morgan fingerprint density at radius 2 is 1.75 bits per heavy atom. The molecule has 5 N–H and O–H groups in total. The van der Waals surface area contributed by atoms with E-state index in [-0.39, 0.29) is 68.6 Å². The highest BCUT2D eigenvalue weighted by molar-refractivity contribution is 7.81. The van der Waals surface area contributed by atoms with Crippen LogP contribution < -0.4 is 16.0 Å². The second-order valence-electron chi connectivity index (χ2n) is 15.5. The molecule has 3 fully saturated rings. The number of thiol groups is 1. The first-order valence-electron chi connectivity index (χ1n) is 19.4. The molecule has 3 heterocycles. The molecule has 18 heteroatoms. The third-order valence-corrected chi connectivity index (χ3v) is 11.6. The van der Waals surface area contributed by atoms with E-state index in [1.165, 1.54) is 26.2 Å². The fourth-order valence-electron chi connectivity index (χ4n) is 7.04. The number of alkyl carbamates (subject to hydrolysis) is 1. The number of rotatable bonds is 21. The zero-order valence-corrected chi connectivity index (χ0v) is 34.8. The molecule has 0 aromatic rings. The second kappa shape index (κ2) is 21.8. The van der Waals surface area contributed by atoms with Crippen molar-refractivity contribution in [2.75, 3.05) is 47.6 Å². The van der Waals surface area contributed by atoms with Gasteiger partial charge in [0.2, 0.25) is 23.5 Å². The molecule has 0 aromatic carbocycles. The SMILES string of the molecule is C=C1C[C@](OC)([C@H](O)C(=O)N[C@@H](OC)[C@@H]2C[C@@H](O)C(C)(C)[C@@H](C[C@@H](COC(=O)NCCCNC(=O)CCCCCN3C(=O)CC(S)C3=O)OC)O2)O[C@H](C)[C@@H]1C. The number of nitrogens with one attached hydrogen (secondary N) is 3. The number of hydrogen-bond donors (Lipinski definition) is 6. The molecular formula is C38H64N4O13S. The molecule has 3 rings (SSSR count). The summed E-state index contributed by atoms with van der Waals surface area (Å²) >= 11 is 4.11. The molecule has 17 nitrogen and oxygen atoms in total.